The third-order valence-electron chi connectivity index (χ3n) is 6.11. The molecule has 5 rings (SSSR count). The summed E-state index contributed by atoms with van der Waals surface area (Å²) < 4.78 is 1.76. The first-order valence-electron chi connectivity index (χ1n) is 10.3. The summed E-state index contributed by atoms with van der Waals surface area (Å²) in [4.78, 5) is 11.9. The van der Waals surface area contributed by atoms with Crippen molar-refractivity contribution < 1.29 is 0 Å². The van der Waals surface area contributed by atoms with E-state index in [1.165, 1.54) is 0 Å². The minimum atomic E-state index is 0.256. The summed E-state index contributed by atoms with van der Waals surface area (Å²) in [6, 6.07) is 4.52. The van der Waals surface area contributed by atoms with Gasteiger partial charge in [-0.05, 0) is 44.7 Å². The minimum absolute atomic E-state index is 0.256. The van der Waals surface area contributed by atoms with Crippen molar-refractivity contribution in [3.63, 3.8) is 0 Å². The van der Waals surface area contributed by atoms with Crippen molar-refractivity contribution in [1.29, 1.82) is 0 Å². The lowest BCUT2D eigenvalue weighted by atomic mass is 9.91. The Morgan fingerprint density at radius 1 is 1.27 bits per heavy atom. The molecule has 0 saturated heterocycles. The van der Waals surface area contributed by atoms with Gasteiger partial charge in [-0.15, -0.1) is 0 Å². The number of halogens is 1. The van der Waals surface area contributed by atoms with Gasteiger partial charge in [0, 0.05) is 43.3 Å². The molecule has 4 aromatic rings. The number of nitrogens with two attached hydrogens (primary N) is 1. The van der Waals surface area contributed by atoms with Crippen LogP contribution >= 0.6 is 11.6 Å². The van der Waals surface area contributed by atoms with Crippen LogP contribution in [-0.2, 0) is 7.05 Å². The van der Waals surface area contributed by atoms with Gasteiger partial charge in [-0.2, -0.15) is 10.2 Å². The first-order valence-corrected chi connectivity index (χ1v) is 10.6. The Hall–Kier alpha value is -2.71. The molecule has 1 saturated carbocycles. The molecule has 0 aliphatic heterocycles. The lowest BCUT2D eigenvalue weighted by Gasteiger charge is -2.35. The third kappa shape index (κ3) is 3.11. The second-order valence-electron chi connectivity index (χ2n) is 8.26. The van der Waals surface area contributed by atoms with E-state index in [4.69, 9.17) is 27.3 Å². The molecule has 1 aliphatic carbocycles. The zero-order valence-electron chi connectivity index (χ0n) is 17.4. The predicted octanol–water partition coefficient (Wildman–Crippen LogP) is 3.57. The highest BCUT2D eigenvalue weighted by Gasteiger charge is 2.26. The predicted molar refractivity (Wildman–Crippen MR) is 120 cm³/mol. The van der Waals surface area contributed by atoms with E-state index < -0.39 is 0 Å². The average Bonchev–Trinajstić information content (AvgIpc) is 3.30. The highest BCUT2D eigenvalue weighted by Crippen LogP contribution is 2.36. The number of H-pyrrole nitrogens is 1. The number of aryl methyl sites for hydroxylation is 2. The molecule has 1 aliphatic rings. The number of anilines is 1. The van der Waals surface area contributed by atoms with Gasteiger partial charge >= 0.3 is 0 Å². The molecule has 1 fully saturated rings. The molecule has 0 amide bonds. The van der Waals surface area contributed by atoms with Crippen molar-refractivity contribution in [3.05, 3.63) is 29.0 Å². The average molecular weight is 425 g/mol. The molecule has 3 heterocycles. The zero-order chi connectivity index (χ0) is 21.0. The van der Waals surface area contributed by atoms with Crippen LogP contribution in [0.4, 0.5) is 5.82 Å². The molecule has 30 heavy (non-hydrogen) atoms. The summed E-state index contributed by atoms with van der Waals surface area (Å²) in [6.45, 7) is 1.99. The molecule has 0 spiro atoms. The molecule has 0 unspecified atom stereocenters. The smallest absolute Gasteiger partial charge is 0.177 e. The summed E-state index contributed by atoms with van der Waals surface area (Å²) >= 11 is 6.71. The molecule has 156 valence electrons. The van der Waals surface area contributed by atoms with Gasteiger partial charge in [0.05, 0.1) is 16.2 Å². The number of hydrogen-bond donors (Lipinski definition) is 2. The highest BCUT2D eigenvalue weighted by molar-refractivity contribution is 6.38. The van der Waals surface area contributed by atoms with E-state index in [0.717, 1.165) is 59.2 Å². The second-order valence-corrected chi connectivity index (χ2v) is 8.63. The molecular weight excluding hydrogens is 400 g/mol. The quantitative estimate of drug-likeness (QED) is 0.521. The summed E-state index contributed by atoms with van der Waals surface area (Å²) in [5.74, 6) is 0.866. The third-order valence-corrected chi connectivity index (χ3v) is 6.51. The molecule has 0 radical (unpaired) electrons. The summed E-state index contributed by atoms with van der Waals surface area (Å²) in [5.41, 5.74) is 10.8. The van der Waals surface area contributed by atoms with Crippen molar-refractivity contribution in [2.45, 2.75) is 44.7 Å². The lowest BCUT2D eigenvalue weighted by Crippen LogP contribution is -2.41. The topological polar surface area (TPSA) is 102 Å². The van der Waals surface area contributed by atoms with Gasteiger partial charge in [0.2, 0.25) is 0 Å². The molecule has 2 atom stereocenters. The van der Waals surface area contributed by atoms with Gasteiger partial charge < -0.3 is 10.6 Å². The van der Waals surface area contributed by atoms with Crippen LogP contribution < -0.4 is 10.6 Å². The van der Waals surface area contributed by atoms with Crippen LogP contribution in [0.2, 0.25) is 5.02 Å². The molecular formula is C21H25ClN8. The fourth-order valence-corrected chi connectivity index (χ4v) is 4.82. The Balaban J connectivity index is 1.57. The number of nitrogens with one attached hydrogen (secondary N) is 1. The fraction of sp³-hybridized carbons (Fsp3) is 0.429. The Morgan fingerprint density at radius 2 is 2.10 bits per heavy atom. The van der Waals surface area contributed by atoms with E-state index >= 15 is 0 Å². The minimum Gasteiger partial charge on any atom is -0.355 e. The van der Waals surface area contributed by atoms with E-state index in [2.05, 4.69) is 27.2 Å². The molecule has 3 N–H and O–H groups in total. The first kappa shape index (κ1) is 19.3. The number of rotatable bonds is 3. The maximum Gasteiger partial charge on any atom is 0.177 e. The zero-order valence-corrected chi connectivity index (χ0v) is 18.1. The van der Waals surface area contributed by atoms with Crippen LogP contribution in [0.15, 0.2) is 18.3 Å². The molecule has 0 bridgehead atoms. The Morgan fingerprint density at radius 3 is 2.90 bits per heavy atom. The van der Waals surface area contributed by atoms with Crippen LogP contribution in [0, 0.1) is 6.92 Å². The number of fused-ring (bicyclic) bond motifs is 2. The van der Waals surface area contributed by atoms with Crippen molar-refractivity contribution in [1.82, 2.24) is 29.9 Å². The van der Waals surface area contributed by atoms with Crippen LogP contribution in [0.25, 0.3) is 33.3 Å². The summed E-state index contributed by atoms with van der Waals surface area (Å²) in [7, 11) is 3.96. The monoisotopic (exact) mass is 424 g/mol. The Kier molecular flexibility index (Phi) is 4.63. The van der Waals surface area contributed by atoms with Crippen LogP contribution in [0.3, 0.4) is 0 Å². The Labute approximate surface area is 179 Å². The second kappa shape index (κ2) is 7.21. The normalized spacial score (nSPS) is 19.6. The molecule has 9 heteroatoms. The van der Waals surface area contributed by atoms with Crippen LogP contribution in [-0.4, -0.2) is 49.1 Å². The van der Waals surface area contributed by atoms with Gasteiger partial charge in [0.15, 0.2) is 11.5 Å². The molecule has 3 aromatic heterocycles. The maximum atomic E-state index is 6.71. The SMILES string of the molecule is Cc1nc2c(-c3ccc4nn(C)cc4c3Cl)n[nH]c2nc1N(C)[C@@H]1CCC[C@H](N)C1. The van der Waals surface area contributed by atoms with E-state index in [-0.39, 0.29) is 6.04 Å². The van der Waals surface area contributed by atoms with Crippen molar-refractivity contribution >= 4 is 39.5 Å². The maximum absolute atomic E-state index is 6.71. The largest absolute Gasteiger partial charge is 0.355 e. The summed E-state index contributed by atoms with van der Waals surface area (Å²) in [6.07, 6.45) is 6.26. The number of aromatic amines is 1. The Bertz CT molecular complexity index is 1240. The standard InChI is InChI=1S/C21H25ClN8/c1-11-21(30(3)13-6-4-5-12(23)9-13)25-20-19(24-11)18(26-27-20)14-7-8-16-15(17(14)22)10-29(2)28-16/h7-8,10,12-13H,4-6,9,23H2,1-3H3,(H,25,26,27)/t12-,13+/m0/s1. The van der Waals surface area contributed by atoms with E-state index in [9.17, 15) is 0 Å². The number of aromatic nitrogens is 6. The van der Waals surface area contributed by atoms with Crippen molar-refractivity contribution in [2.24, 2.45) is 12.8 Å². The van der Waals surface area contributed by atoms with Crippen LogP contribution in [0.5, 0.6) is 0 Å². The highest BCUT2D eigenvalue weighted by atomic mass is 35.5. The summed E-state index contributed by atoms with van der Waals surface area (Å²) in [5, 5.41) is 13.5. The number of nitrogens with zero attached hydrogens (tertiary/aromatic N) is 6. The molecule has 8 nitrogen and oxygen atoms in total. The lowest BCUT2D eigenvalue weighted by molar-refractivity contribution is 0.381. The van der Waals surface area contributed by atoms with E-state index in [1.807, 2.05) is 32.3 Å². The van der Waals surface area contributed by atoms with Gasteiger partial charge in [-0.3, -0.25) is 9.78 Å². The van der Waals surface area contributed by atoms with Crippen LogP contribution in [0.1, 0.15) is 31.4 Å². The van der Waals surface area contributed by atoms with Gasteiger partial charge in [0.1, 0.15) is 11.2 Å². The molecule has 1 aromatic carbocycles. The number of hydrogen-bond acceptors (Lipinski definition) is 6. The van der Waals surface area contributed by atoms with Gasteiger partial charge in [-0.1, -0.05) is 11.6 Å². The fourth-order valence-electron chi connectivity index (χ4n) is 4.52. The van der Waals surface area contributed by atoms with Gasteiger partial charge in [0.25, 0.3) is 0 Å². The van der Waals surface area contributed by atoms with E-state index in [1.54, 1.807) is 4.68 Å². The van der Waals surface area contributed by atoms with Crippen molar-refractivity contribution in [3.8, 4) is 11.3 Å². The number of benzene rings is 1. The van der Waals surface area contributed by atoms with E-state index in [0.29, 0.717) is 22.4 Å². The van der Waals surface area contributed by atoms with Crippen molar-refractivity contribution in [2.75, 3.05) is 11.9 Å². The van der Waals surface area contributed by atoms with Gasteiger partial charge in [-0.25, -0.2) is 9.97 Å². The first-order chi connectivity index (χ1) is 14.4.